The van der Waals surface area contributed by atoms with Crippen molar-refractivity contribution >= 4 is 5.91 Å². The van der Waals surface area contributed by atoms with E-state index in [0.29, 0.717) is 5.82 Å². The van der Waals surface area contributed by atoms with Gasteiger partial charge in [-0.1, -0.05) is 32.1 Å². The predicted octanol–water partition coefficient (Wildman–Crippen LogP) is 2.27. The van der Waals surface area contributed by atoms with Crippen LogP contribution in [0.4, 0.5) is 0 Å². The van der Waals surface area contributed by atoms with Crippen molar-refractivity contribution in [1.82, 2.24) is 24.9 Å². The van der Waals surface area contributed by atoms with Gasteiger partial charge in [-0.3, -0.25) is 9.59 Å². The van der Waals surface area contributed by atoms with Crippen molar-refractivity contribution in [3.8, 4) is 5.82 Å². The smallest absolute Gasteiger partial charge is 0.267 e. The van der Waals surface area contributed by atoms with Crippen LogP contribution < -0.4 is 10.9 Å². The molecule has 2 aromatic heterocycles. The van der Waals surface area contributed by atoms with Gasteiger partial charge in [-0.05, 0) is 38.8 Å². The highest BCUT2D eigenvalue weighted by atomic mass is 16.2. The summed E-state index contributed by atoms with van der Waals surface area (Å²) in [6.07, 6.45) is 8.09. The highest BCUT2D eigenvalue weighted by Gasteiger charge is 2.15. The van der Waals surface area contributed by atoms with Crippen LogP contribution in [0.5, 0.6) is 0 Å². The lowest BCUT2D eigenvalue weighted by Gasteiger charge is -2.21. The van der Waals surface area contributed by atoms with E-state index in [1.807, 2.05) is 19.9 Å². The first-order chi connectivity index (χ1) is 12.5. The van der Waals surface area contributed by atoms with Gasteiger partial charge in [0.25, 0.3) is 5.56 Å². The fourth-order valence-electron chi connectivity index (χ4n) is 3.54. The minimum absolute atomic E-state index is 0.0670. The molecule has 1 fully saturated rings. The third-order valence-electron chi connectivity index (χ3n) is 4.84. The van der Waals surface area contributed by atoms with Gasteiger partial charge in [0.1, 0.15) is 6.54 Å². The Morgan fingerprint density at radius 1 is 1.12 bits per heavy atom. The van der Waals surface area contributed by atoms with Crippen LogP contribution >= 0.6 is 0 Å². The van der Waals surface area contributed by atoms with Crippen LogP contribution in [0, 0.1) is 13.8 Å². The van der Waals surface area contributed by atoms with E-state index in [1.165, 1.54) is 30.0 Å². The van der Waals surface area contributed by atoms with E-state index < -0.39 is 0 Å². The van der Waals surface area contributed by atoms with Crippen molar-refractivity contribution in [3.63, 3.8) is 0 Å². The molecule has 0 radical (unpaired) electrons. The molecule has 2 heterocycles. The largest absolute Gasteiger partial charge is 0.352 e. The lowest BCUT2D eigenvalue weighted by Crippen LogP contribution is -2.40. The molecular weight excluding hydrogens is 330 g/mol. The van der Waals surface area contributed by atoms with E-state index in [-0.39, 0.29) is 24.1 Å². The summed E-state index contributed by atoms with van der Waals surface area (Å²) < 4.78 is 2.89. The summed E-state index contributed by atoms with van der Waals surface area (Å²) in [7, 11) is 0. The van der Waals surface area contributed by atoms with Gasteiger partial charge in [0.2, 0.25) is 5.91 Å². The number of carbonyl (C=O) groups excluding carboxylic acids is 1. The second-order valence-corrected chi connectivity index (χ2v) is 7.14. The van der Waals surface area contributed by atoms with Gasteiger partial charge >= 0.3 is 0 Å². The van der Waals surface area contributed by atoms with Crippen LogP contribution in [0.25, 0.3) is 5.82 Å². The van der Waals surface area contributed by atoms with Crippen molar-refractivity contribution in [1.29, 1.82) is 0 Å². The summed E-state index contributed by atoms with van der Waals surface area (Å²) in [6, 6.07) is 5.21. The summed E-state index contributed by atoms with van der Waals surface area (Å²) in [5.74, 6) is 0.379. The molecule has 0 atom stereocenters. The zero-order valence-electron chi connectivity index (χ0n) is 15.6. The molecule has 1 amide bonds. The van der Waals surface area contributed by atoms with E-state index in [1.54, 1.807) is 10.7 Å². The SMILES string of the molecule is Cc1cc(C)n(-c2ccc(=O)n(CC(=O)NC3CCCCCCC3)n2)n1. The molecule has 0 bridgehead atoms. The Hall–Kier alpha value is -2.44. The number of nitrogens with zero attached hydrogens (tertiary/aromatic N) is 4. The standard InChI is InChI=1S/C19H27N5O2/c1-14-12-15(2)24(21-14)17-10-11-19(26)23(22-17)13-18(25)20-16-8-6-4-3-5-7-9-16/h10-12,16H,3-9,13H2,1-2H3,(H,20,25). The zero-order chi connectivity index (χ0) is 18.5. The normalized spacial score (nSPS) is 16.1. The highest BCUT2D eigenvalue weighted by molar-refractivity contribution is 5.75. The van der Waals surface area contributed by atoms with Crippen molar-refractivity contribution in [2.24, 2.45) is 0 Å². The Bertz CT molecular complexity index is 816. The monoisotopic (exact) mass is 357 g/mol. The van der Waals surface area contributed by atoms with Gasteiger partial charge in [-0.25, -0.2) is 9.36 Å². The van der Waals surface area contributed by atoms with E-state index in [0.717, 1.165) is 37.1 Å². The Morgan fingerprint density at radius 2 is 1.81 bits per heavy atom. The van der Waals surface area contributed by atoms with Crippen molar-refractivity contribution < 1.29 is 4.79 Å². The first-order valence-electron chi connectivity index (χ1n) is 9.44. The minimum atomic E-state index is -0.289. The molecule has 26 heavy (non-hydrogen) atoms. The lowest BCUT2D eigenvalue weighted by atomic mass is 9.97. The summed E-state index contributed by atoms with van der Waals surface area (Å²) in [6.45, 7) is 3.77. The first kappa shape index (κ1) is 18.4. The molecule has 0 aliphatic heterocycles. The number of hydrogen-bond acceptors (Lipinski definition) is 4. The van der Waals surface area contributed by atoms with E-state index >= 15 is 0 Å². The summed E-state index contributed by atoms with van der Waals surface area (Å²) in [5.41, 5.74) is 1.52. The second kappa shape index (κ2) is 8.29. The molecule has 7 nitrogen and oxygen atoms in total. The van der Waals surface area contributed by atoms with E-state index in [4.69, 9.17) is 0 Å². The maximum absolute atomic E-state index is 12.4. The average Bonchev–Trinajstić information content (AvgIpc) is 2.90. The average molecular weight is 357 g/mol. The molecular formula is C19H27N5O2. The number of rotatable bonds is 4. The number of nitrogens with one attached hydrogen (secondary N) is 1. The number of amides is 1. The van der Waals surface area contributed by atoms with Crippen LogP contribution in [0.3, 0.4) is 0 Å². The second-order valence-electron chi connectivity index (χ2n) is 7.14. The summed E-state index contributed by atoms with van der Waals surface area (Å²) >= 11 is 0. The maximum Gasteiger partial charge on any atom is 0.267 e. The van der Waals surface area contributed by atoms with Gasteiger partial charge in [-0.2, -0.15) is 5.10 Å². The molecule has 0 unspecified atom stereocenters. The van der Waals surface area contributed by atoms with Crippen molar-refractivity contribution in [3.05, 3.63) is 39.9 Å². The molecule has 0 spiro atoms. The molecule has 7 heteroatoms. The van der Waals surface area contributed by atoms with Gasteiger partial charge in [0, 0.05) is 17.8 Å². The van der Waals surface area contributed by atoms with E-state index in [2.05, 4.69) is 15.5 Å². The Kier molecular flexibility index (Phi) is 5.85. The van der Waals surface area contributed by atoms with Crippen molar-refractivity contribution in [2.75, 3.05) is 0 Å². The van der Waals surface area contributed by atoms with Crippen LogP contribution in [0.2, 0.25) is 0 Å². The molecule has 0 saturated heterocycles. The van der Waals surface area contributed by atoms with Gasteiger partial charge in [0.15, 0.2) is 5.82 Å². The number of aryl methyl sites for hydroxylation is 2. The fourth-order valence-corrected chi connectivity index (χ4v) is 3.54. The van der Waals surface area contributed by atoms with Crippen LogP contribution in [-0.4, -0.2) is 31.5 Å². The Labute approximate surface area is 153 Å². The summed E-state index contributed by atoms with van der Waals surface area (Å²) in [4.78, 5) is 24.5. The lowest BCUT2D eigenvalue weighted by molar-refractivity contribution is -0.122. The van der Waals surface area contributed by atoms with E-state index in [9.17, 15) is 9.59 Å². The van der Waals surface area contributed by atoms with Gasteiger partial charge in [-0.15, -0.1) is 5.10 Å². The maximum atomic E-state index is 12.4. The molecule has 1 N–H and O–H groups in total. The first-order valence-corrected chi connectivity index (χ1v) is 9.44. The number of carbonyl (C=O) groups is 1. The third kappa shape index (κ3) is 4.59. The molecule has 140 valence electrons. The minimum Gasteiger partial charge on any atom is -0.352 e. The number of aromatic nitrogens is 4. The van der Waals surface area contributed by atoms with Crippen molar-refractivity contribution in [2.45, 2.75) is 71.4 Å². The predicted molar refractivity (Wildman–Crippen MR) is 99.3 cm³/mol. The topological polar surface area (TPSA) is 81.8 Å². The Balaban J connectivity index is 1.70. The molecule has 3 rings (SSSR count). The molecule has 0 aromatic carbocycles. The Morgan fingerprint density at radius 3 is 2.46 bits per heavy atom. The quantitative estimate of drug-likeness (QED) is 0.910. The van der Waals surface area contributed by atoms with Gasteiger partial charge < -0.3 is 5.32 Å². The van der Waals surface area contributed by atoms with Crippen LogP contribution in [0.1, 0.15) is 56.3 Å². The zero-order valence-corrected chi connectivity index (χ0v) is 15.6. The highest BCUT2D eigenvalue weighted by Crippen LogP contribution is 2.17. The molecule has 1 aliphatic rings. The van der Waals surface area contributed by atoms with Crippen LogP contribution in [0.15, 0.2) is 23.0 Å². The molecule has 1 aliphatic carbocycles. The number of hydrogen-bond donors (Lipinski definition) is 1. The third-order valence-corrected chi connectivity index (χ3v) is 4.84. The summed E-state index contributed by atoms with van der Waals surface area (Å²) in [5, 5.41) is 11.8. The fraction of sp³-hybridized carbons (Fsp3) is 0.579. The van der Waals surface area contributed by atoms with Gasteiger partial charge in [0.05, 0.1) is 5.69 Å². The molecule has 2 aromatic rings. The molecule has 1 saturated carbocycles. The van der Waals surface area contributed by atoms with Crippen LogP contribution in [-0.2, 0) is 11.3 Å².